The van der Waals surface area contributed by atoms with Crippen molar-refractivity contribution in [3.05, 3.63) is 28.8 Å². The van der Waals surface area contributed by atoms with E-state index in [4.69, 9.17) is 23.1 Å². The molecule has 1 heterocycles. The Bertz CT molecular complexity index is 519. The maximum atomic E-state index is 12.4. The summed E-state index contributed by atoms with van der Waals surface area (Å²) in [5, 5.41) is 0.356. The molecule has 0 bridgehead atoms. The number of benzene rings is 1. The molecule has 0 aromatic heterocycles. The Labute approximate surface area is 116 Å². The SMILES string of the molecule is NC(=O)C1CCCN(C(=O)c2cccc(Cl)c2N)C1. The van der Waals surface area contributed by atoms with Crippen molar-refractivity contribution < 1.29 is 9.59 Å². The number of likely N-dealkylation sites (tertiary alicyclic amines) is 1. The summed E-state index contributed by atoms with van der Waals surface area (Å²) in [6, 6.07) is 4.95. The van der Waals surface area contributed by atoms with Gasteiger partial charge in [-0.05, 0) is 25.0 Å². The molecule has 1 fully saturated rings. The number of anilines is 1. The second-order valence-electron chi connectivity index (χ2n) is 4.69. The number of rotatable bonds is 2. The molecule has 5 nitrogen and oxygen atoms in total. The first-order valence-electron chi connectivity index (χ1n) is 6.13. The van der Waals surface area contributed by atoms with Gasteiger partial charge in [0, 0.05) is 13.1 Å². The highest BCUT2D eigenvalue weighted by molar-refractivity contribution is 6.33. The quantitative estimate of drug-likeness (QED) is 0.800. The van der Waals surface area contributed by atoms with Crippen LogP contribution in [0.5, 0.6) is 0 Å². The summed E-state index contributed by atoms with van der Waals surface area (Å²) in [6.07, 6.45) is 1.49. The highest BCUT2D eigenvalue weighted by Gasteiger charge is 2.28. The van der Waals surface area contributed by atoms with E-state index in [1.54, 1.807) is 23.1 Å². The molecule has 1 unspecified atom stereocenters. The highest BCUT2D eigenvalue weighted by Crippen LogP contribution is 2.25. The topological polar surface area (TPSA) is 89.4 Å². The summed E-state index contributed by atoms with van der Waals surface area (Å²) in [5.41, 5.74) is 11.8. The molecule has 1 saturated heterocycles. The third kappa shape index (κ3) is 2.81. The van der Waals surface area contributed by atoms with E-state index < -0.39 is 0 Å². The van der Waals surface area contributed by atoms with Gasteiger partial charge in [-0.25, -0.2) is 0 Å². The maximum absolute atomic E-state index is 12.4. The Kier molecular flexibility index (Phi) is 3.95. The fourth-order valence-corrected chi connectivity index (χ4v) is 2.46. The van der Waals surface area contributed by atoms with Crippen LogP contribution in [0.1, 0.15) is 23.2 Å². The molecule has 0 spiro atoms. The number of para-hydroxylation sites is 1. The lowest BCUT2D eigenvalue weighted by Gasteiger charge is -2.31. The van der Waals surface area contributed by atoms with Gasteiger partial charge in [-0.1, -0.05) is 17.7 Å². The molecule has 0 radical (unpaired) electrons. The molecule has 2 amide bonds. The van der Waals surface area contributed by atoms with Crippen LogP contribution in [0.4, 0.5) is 5.69 Å². The zero-order chi connectivity index (χ0) is 14.0. The van der Waals surface area contributed by atoms with Crippen LogP contribution in [0.25, 0.3) is 0 Å². The minimum absolute atomic E-state index is 0.203. The van der Waals surface area contributed by atoms with Crippen LogP contribution in [-0.2, 0) is 4.79 Å². The van der Waals surface area contributed by atoms with Gasteiger partial charge in [-0.2, -0.15) is 0 Å². The Balaban J connectivity index is 2.19. The van der Waals surface area contributed by atoms with Gasteiger partial charge < -0.3 is 16.4 Å². The standard InChI is InChI=1S/C13H16ClN3O2/c14-10-5-1-4-9(11(10)15)13(19)17-6-2-3-8(7-17)12(16)18/h1,4-5,8H,2-3,6-7,15H2,(H2,16,18). The Morgan fingerprint density at radius 1 is 1.37 bits per heavy atom. The number of carbonyl (C=O) groups excluding carboxylic acids is 2. The molecular weight excluding hydrogens is 266 g/mol. The Hall–Kier alpha value is -1.75. The monoisotopic (exact) mass is 281 g/mol. The number of primary amides is 1. The van der Waals surface area contributed by atoms with Gasteiger partial charge in [-0.3, -0.25) is 9.59 Å². The highest BCUT2D eigenvalue weighted by atomic mass is 35.5. The molecule has 0 saturated carbocycles. The summed E-state index contributed by atoms with van der Waals surface area (Å²) in [7, 11) is 0. The van der Waals surface area contributed by atoms with E-state index in [0.29, 0.717) is 23.7 Å². The van der Waals surface area contributed by atoms with Crippen LogP contribution in [0, 0.1) is 5.92 Å². The van der Waals surface area contributed by atoms with Crippen molar-refractivity contribution >= 4 is 29.1 Å². The Morgan fingerprint density at radius 2 is 2.11 bits per heavy atom. The van der Waals surface area contributed by atoms with Crippen molar-refractivity contribution in [3.8, 4) is 0 Å². The van der Waals surface area contributed by atoms with Gasteiger partial charge in [0.25, 0.3) is 5.91 Å². The zero-order valence-electron chi connectivity index (χ0n) is 10.4. The molecule has 0 aliphatic carbocycles. The molecule has 1 aromatic carbocycles. The van der Waals surface area contributed by atoms with Crippen LogP contribution < -0.4 is 11.5 Å². The van der Waals surface area contributed by atoms with E-state index in [-0.39, 0.29) is 23.4 Å². The molecule has 1 atom stereocenters. The van der Waals surface area contributed by atoms with Crippen molar-refractivity contribution in [2.45, 2.75) is 12.8 Å². The summed E-state index contributed by atoms with van der Waals surface area (Å²) >= 11 is 5.91. The fraction of sp³-hybridized carbons (Fsp3) is 0.385. The summed E-state index contributed by atoms with van der Waals surface area (Å²) in [6.45, 7) is 0.953. The van der Waals surface area contributed by atoms with E-state index in [1.807, 2.05) is 0 Å². The van der Waals surface area contributed by atoms with Gasteiger partial charge >= 0.3 is 0 Å². The average Bonchev–Trinajstić information content (AvgIpc) is 2.41. The molecular formula is C13H16ClN3O2. The van der Waals surface area contributed by atoms with Gasteiger partial charge in [0.2, 0.25) is 5.91 Å². The van der Waals surface area contributed by atoms with Crippen molar-refractivity contribution in [1.29, 1.82) is 0 Å². The van der Waals surface area contributed by atoms with Crippen LogP contribution in [0.15, 0.2) is 18.2 Å². The lowest BCUT2D eigenvalue weighted by atomic mass is 9.96. The molecule has 2 rings (SSSR count). The number of nitrogen functional groups attached to an aromatic ring is 1. The van der Waals surface area contributed by atoms with Gasteiger partial charge in [-0.15, -0.1) is 0 Å². The molecule has 1 aliphatic rings. The van der Waals surface area contributed by atoms with Crippen molar-refractivity contribution in [3.63, 3.8) is 0 Å². The van der Waals surface area contributed by atoms with E-state index in [1.165, 1.54) is 0 Å². The van der Waals surface area contributed by atoms with E-state index in [2.05, 4.69) is 0 Å². The minimum Gasteiger partial charge on any atom is -0.397 e. The first kappa shape index (κ1) is 13.7. The number of halogens is 1. The lowest BCUT2D eigenvalue weighted by molar-refractivity contribution is -0.123. The zero-order valence-corrected chi connectivity index (χ0v) is 11.2. The minimum atomic E-state index is -0.364. The van der Waals surface area contributed by atoms with E-state index in [9.17, 15) is 9.59 Å². The average molecular weight is 282 g/mol. The molecule has 19 heavy (non-hydrogen) atoms. The smallest absolute Gasteiger partial charge is 0.256 e. The molecule has 6 heteroatoms. The van der Waals surface area contributed by atoms with Crippen molar-refractivity contribution in [2.75, 3.05) is 18.8 Å². The number of hydrogen-bond acceptors (Lipinski definition) is 3. The lowest BCUT2D eigenvalue weighted by Crippen LogP contribution is -2.44. The second-order valence-corrected chi connectivity index (χ2v) is 5.10. The van der Waals surface area contributed by atoms with Crippen LogP contribution in [0.3, 0.4) is 0 Å². The Morgan fingerprint density at radius 3 is 2.79 bits per heavy atom. The third-order valence-corrected chi connectivity index (χ3v) is 3.72. The number of piperidine rings is 1. The predicted octanol–water partition coefficient (Wildman–Crippen LogP) is 1.26. The van der Waals surface area contributed by atoms with Crippen molar-refractivity contribution in [2.24, 2.45) is 11.7 Å². The maximum Gasteiger partial charge on any atom is 0.256 e. The number of carbonyl (C=O) groups is 2. The molecule has 102 valence electrons. The van der Waals surface area contributed by atoms with Crippen molar-refractivity contribution in [1.82, 2.24) is 4.90 Å². The molecule has 1 aliphatic heterocycles. The number of nitrogens with zero attached hydrogens (tertiary/aromatic N) is 1. The largest absolute Gasteiger partial charge is 0.397 e. The summed E-state index contributed by atoms with van der Waals surface area (Å²) < 4.78 is 0. The van der Waals surface area contributed by atoms with Gasteiger partial charge in [0.05, 0.1) is 22.2 Å². The number of nitrogens with two attached hydrogens (primary N) is 2. The van der Waals surface area contributed by atoms with Crippen LogP contribution in [-0.4, -0.2) is 29.8 Å². The number of hydrogen-bond donors (Lipinski definition) is 2. The first-order chi connectivity index (χ1) is 9.00. The number of amides is 2. The second kappa shape index (κ2) is 5.48. The van der Waals surface area contributed by atoms with Crippen LogP contribution in [0.2, 0.25) is 5.02 Å². The van der Waals surface area contributed by atoms with Gasteiger partial charge in [0.1, 0.15) is 0 Å². The van der Waals surface area contributed by atoms with Gasteiger partial charge in [0.15, 0.2) is 0 Å². The summed E-state index contributed by atoms with van der Waals surface area (Å²) in [4.78, 5) is 25.2. The van der Waals surface area contributed by atoms with E-state index >= 15 is 0 Å². The normalized spacial score (nSPS) is 19.2. The predicted molar refractivity (Wildman–Crippen MR) is 73.7 cm³/mol. The molecule has 1 aromatic rings. The van der Waals surface area contributed by atoms with Crippen LogP contribution >= 0.6 is 11.6 Å². The fourth-order valence-electron chi connectivity index (χ4n) is 2.29. The van der Waals surface area contributed by atoms with E-state index in [0.717, 1.165) is 12.8 Å². The summed E-state index contributed by atoms with van der Waals surface area (Å²) in [5.74, 6) is -0.847. The molecule has 4 N–H and O–H groups in total. The first-order valence-corrected chi connectivity index (χ1v) is 6.51. The third-order valence-electron chi connectivity index (χ3n) is 3.39.